The molecule has 0 spiro atoms. The van der Waals surface area contributed by atoms with Crippen LogP contribution in [0.25, 0.3) is 0 Å². The van der Waals surface area contributed by atoms with Crippen LogP contribution in [0.3, 0.4) is 0 Å². The fraction of sp³-hybridized carbons (Fsp3) is 0.0769. The van der Waals surface area contributed by atoms with Crippen molar-refractivity contribution in [3.05, 3.63) is 58.5 Å². The normalized spacial score (nSPS) is 9.90. The third-order valence-electron chi connectivity index (χ3n) is 2.50. The number of benzene rings is 1. The molecule has 0 saturated carbocycles. The third-order valence-corrected chi connectivity index (χ3v) is 2.50. The molecule has 0 saturated heterocycles. The second-order valence-corrected chi connectivity index (χ2v) is 4.02. The molecule has 0 unspecified atom stereocenters. The molecule has 2 amide bonds. The van der Waals surface area contributed by atoms with Gasteiger partial charge in [0.05, 0.1) is 17.7 Å². The molecule has 0 atom stereocenters. The van der Waals surface area contributed by atoms with Gasteiger partial charge in [0.1, 0.15) is 0 Å². The first kappa shape index (κ1) is 14.3. The van der Waals surface area contributed by atoms with E-state index in [1.54, 1.807) is 6.07 Å². The van der Waals surface area contributed by atoms with Crippen LogP contribution < -0.4 is 10.6 Å². The molecule has 2 rings (SSSR count). The summed E-state index contributed by atoms with van der Waals surface area (Å²) in [4.78, 5) is 33.2. The van der Waals surface area contributed by atoms with Gasteiger partial charge in [-0.1, -0.05) is 6.07 Å². The Labute approximate surface area is 118 Å². The zero-order chi connectivity index (χ0) is 15.2. The van der Waals surface area contributed by atoms with Gasteiger partial charge in [-0.2, -0.15) is 0 Å². The average molecular weight is 289 g/mol. The lowest BCUT2D eigenvalue weighted by molar-refractivity contribution is -0.384. The minimum atomic E-state index is -0.561. The van der Waals surface area contributed by atoms with Gasteiger partial charge in [-0.15, -0.1) is 0 Å². The van der Waals surface area contributed by atoms with Crippen molar-refractivity contribution in [2.75, 3.05) is 11.9 Å². The van der Waals surface area contributed by atoms with Crippen LogP contribution in [0.5, 0.6) is 0 Å². The molecule has 1 aromatic heterocycles. The quantitative estimate of drug-likeness (QED) is 0.640. The Morgan fingerprint density at radius 2 is 2.05 bits per heavy atom. The summed E-state index contributed by atoms with van der Waals surface area (Å²) in [5, 5.41) is 15.4. The second-order valence-electron chi connectivity index (χ2n) is 4.02. The van der Waals surface area contributed by atoms with Gasteiger partial charge < -0.3 is 15.1 Å². The van der Waals surface area contributed by atoms with E-state index in [0.29, 0.717) is 0 Å². The van der Waals surface area contributed by atoms with Crippen molar-refractivity contribution in [1.82, 2.24) is 5.32 Å². The van der Waals surface area contributed by atoms with Gasteiger partial charge in [-0.05, 0) is 18.2 Å². The first-order chi connectivity index (χ1) is 10.1. The summed E-state index contributed by atoms with van der Waals surface area (Å²) in [6.07, 6.45) is 1.35. The molecule has 21 heavy (non-hydrogen) atoms. The van der Waals surface area contributed by atoms with Gasteiger partial charge in [-0.25, -0.2) is 0 Å². The monoisotopic (exact) mass is 289 g/mol. The van der Waals surface area contributed by atoms with E-state index in [1.165, 1.54) is 36.6 Å². The molecular weight excluding hydrogens is 278 g/mol. The highest BCUT2D eigenvalue weighted by molar-refractivity contribution is 5.98. The van der Waals surface area contributed by atoms with Crippen LogP contribution in [0.4, 0.5) is 11.4 Å². The Hall–Kier alpha value is -3.16. The third kappa shape index (κ3) is 3.90. The SMILES string of the molecule is O=C(CNC(=O)c1ccco1)Nc1cccc([N+](=O)[O-])c1. The van der Waals surface area contributed by atoms with Crippen LogP contribution in [-0.2, 0) is 4.79 Å². The van der Waals surface area contributed by atoms with Crippen molar-refractivity contribution >= 4 is 23.2 Å². The summed E-state index contributed by atoms with van der Waals surface area (Å²) in [7, 11) is 0. The number of carbonyl (C=O) groups excluding carboxylic acids is 2. The maximum atomic E-state index is 11.6. The number of nitrogens with zero attached hydrogens (tertiary/aromatic N) is 1. The van der Waals surface area contributed by atoms with Crippen LogP contribution in [0.1, 0.15) is 10.6 Å². The highest BCUT2D eigenvalue weighted by atomic mass is 16.6. The average Bonchev–Trinajstić information content (AvgIpc) is 2.99. The van der Waals surface area contributed by atoms with Gasteiger partial charge in [0, 0.05) is 17.8 Å². The van der Waals surface area contributed by atoms with E-state index < -0.39 is 16.7 Å². The van der Waals surface area contributed by atoms with Gasteiger partial charge in [0.25, 0.3) is 11.6 Å². The predicted octanol–water partition coefficient (Wildman–Crippen LogP) is 1.56. The zero-order valence-corrected chi connectivity index (χ0v) is 10.7. The molecule has 8 nitrogen and oxygen atoms in total. The smallest absolute Gasteiger partial charge is 0.287 e. The number of nitro benzene ring substituents is 1. The number of non-ortho nitro benzene ring substituents is 1. The standard InChI is InChI=1S/C13H11N3O5/c17-12(8-14-13(18)11-5-2-6-21-11)15-9-3-1-4-10(7-9)16(19)20/h1-7H,8H2,(H,14,18)(H,15,17). The van der Waals surface area contributed by atoms with E-state index in [-0.39, 0.29) is 23.7 Å². The molecule has 2 N–H and O–H groups in total. The first-order valence-electron chi connectivity index (χ1n) is 5.92. The molecule has 0 aliphatic carbocycles. The minimum Gasteiger partial charge on any atom is -0.459 e. The number of hydrogen-bond donors (Lipinski definition) is 2. The fourth-order valence-electron chi connectivity index (χ4n) is 1.56. The predicted molar refractivity (Wildman–Crippen MR) is 72.8 cm³/mol. The lowest BCUT2D eigenvalue weighted by atomic mass is 10.3. The van der Waals surface area contributed by atoms with E-state index in [4.69, 9.17) is 4.42 Å². The summed E-state index contributed by atoms with van der Waals surface area (Å²) in [6.45, 7) is -0.276. The Bertz CT molecular complexity index is 666. The molecule has 2 aromatic rings. The number of carbonyl (C=O) groups is 2. The van der Waals surface area contributed by atoms with E-state index in [2.05, 4.69) is 10.6 Å². The van der Waals surface area contributed by atoms with Crippen LogP contribution in [0, 0.1) is 10.1 Å². The summed E-state index contributed by atoms with van der Waals surface area (Å²) in [6, 6.07) is 8.53. The van der Waals surface area contributed by atoms with Gasteiger partial charge in [-0.3, -0.25) is 19.7 Å². The number of anilines is 1. The molecule has 108 valence electrons. The lowest BCUT2D eigenvalue weighted by Crippen LogP contribution is -2.32. The van der Waals surface area contributed by atoms with Crippen molar-refractivity contribution in [3.63, 3.8) is 0 Å². The molecule has 1 aromatic carbocycles. The Morgan fingerprint density at radius 3 is 2.71 bits per heavy atom. The number of nitrogens with one attached hydrogen (secondary N) is 2. The minimum absolute atomic E-state index is 0.0955. The van der Waals surface area contributed by atoms with E-state index >= 15 is 0 Å². The Balaban J connectivity index is 1.89. The maximum Gasteiger partial charge on any atom is 0.287 e. The zero-order valence-electron chi connectivity index (χ0n) is 10.7. The topological polar surface area (TPSA) is 114 Å². The number of nitro groups is 1. The van der Waals surface area contributed by atoms with Crippen LogP contribution in [0.2, 0.25) is 0 Å². The lowest BCUT2D eigenvalue weighted by Gasteiger charge is -2.05. The van der Waals surface area contributed by atoms with Crippen LogP contribution >= 0.6 is 0 Å². The summed E-state index contributed by atoms with van der Waals surface area (Å²) >= 11 is 0. The number of hydrogen-bond acceptors (Lipinski definition) is 5. The van der Waals surface area contributed by atoms with Gasteiger partial charge in [0.15, 0.2) is 5.76 Å². The number of rotatable bonds is 5. The van der Waals surface area contributed by atoms with Crippen molar-refractivity contribution in [3.8, 4) is 0 Å². The first-order valence-corrected chi connectivity index (χ1v) is 5.92. The van der Waals surface area contributed by atoms with Crippen molar-refractivity contribution < 1.29 is 18.9 Å². The van der Waals surface area contributed by atoms with Crippen LogP contribution in [0.15, 0.2) is 47.1 Å². The molecule has 8 heteroatoms. The van der Waals surface area contributed by atoms with Crippen molar-refractivity contribution in [1.29, 1.82) is 0 Å². The number of furan rings is 1. The van der Waals surface area contributed by atoms with Crippen molar-refractivity contribution in [2.24, 2.45) is 0 Å². The molecule has 0 aliphatic heterocycles. The van der Waals surface area contributed by atoms with Crippen molar-refractivity contribution in [2.45, 2.75) is 0 Å². The molecule has 0 radical (unpaired) electrons. The van der Waals surface area contributed by atoms with E-state index in [1.807, 2.05) is 0 Å². The van der Waals surface area contributed by atoms with Gasteiger partial charge >= 0.3 is 0 Å². The second kappa shape index (κ2) is 6.33. The molecule has 0 aliphatic rings. The highest BCUT2D eigenvalue weighted by Crippen LogP contribution is 2.16. The number of amides is 2. The molecule has 1 heterocycles. The molecule has 0 bridgehead atoms. The van der Waals surface area contributed by atoms with Crippen LogP contribution in [-0.4, -0.2) is 23.3 Å². The maximum absolute atomic E-state index is 11.6. The summed E-state index contributed by atoms with van der Waals surface area (Å²) < 4.78 is 4.87. The largest absolute Gasteiger partial charge is 0.459 e. The Kier molecular flexibility index (Phi) is 4.30. The van der Waals surface area contributed by atoms with E-state index in [0.717, 1.165) is 0 Å². The highest BCUT2D eigenvalue weighted by Gasteiger charge is 2.11. The Morgan fingerprint density at radius 1 is 1.24 bits per heavy atom. The fourth-order valence-corrected chi connectivity index (χ4v) is 1.56. The summed E-state index contributed by atoms with van der Waals surface area (Å²) in [5.41, 5.74) is 0.147. The molecule has 0 fully saturated rings. The summed E-state index contributed by atoms with van der Waals surface area (Å²) in [5.74, 6) is -0.928. The molecular formula is C13H11N3O5. The van der Waals surface area contributed by atoms with E-state index in [9.17, 15) is 19.7 Å². The van der Waals surface area contributed by atoms with Gasteiger partial charge in [0.2, 0.25) is 5.91 Å².